The Labute approximate surface area is 141 Å². The van der Waals surface area contributed by atoms with E-state index in [1.807, 2.05) is 0 Å². The fourth-order valence-corrected chi connectivity index (χ4v) is 2.74. The molecule has 0 amide bonds. The van der Waals surface area contributed by atoms with Gasteiger partial charge in [0.05, 0.1) is 11.5 Å². The molecule has 8 nitrogen and oxygen atoms in total. The van der Waals surface area contributed by atoms with E-state index in [-0.39, 0.29) is 23.8 Å². The van der Waals surface area contributed by atoms with E-state index < -0.39 is 10.9 Å². The molecule has 1 N–H and O–H groups in total. The SMILES string of the molecule is CCOC(=O)c1ccc([N+](=O)[O-])c(NCCCN2CCCCC2)n1. The summed E-state index contributed by atoms with van der Waals surface area (Å²) in [6.07, 6.45) is 4.64. The fraction of sp³-hybridized carbons (Fsp3) is 0.625. The fourth-order valence-electron chi connectivity index (χ4n) is 2.74. The smallest absolute Gasteiger partial charge is 0.357 e. The highest BCUT2D eigenvalue weighted by Gasteiger charge is 2.19. The maximum atomic E-state index is 11.7. The maximum absolute atomic E-state index is 11.7. The van der Waals surface area contributed by atoms with E-state index in [0.29, 0.717) is 6.54 Å². The number of carbonyl (C=O) groups excluding carboxylic acids is 1. The van der Waals surface area contributed by atoms with Crippen molar-refractivity contribution in [2.45, 2.75) is 32.6 Å². The lowest BCUT2D eigenvalue weighted by molar-refractivity contribution is -0.384. The molecule has 132 valence electrons. The molecular weight excluding hydrogens is 312 g/mol. The molecule has 0 bridgehead atoms. The molecule has 1 aliphatic heterocycles. The van der Waals surface area contributed by atoms with Crippen molar-refractivity contribution in [3.63, 3.8) is 0 Å². The van der Waals surface area contributed by atoms with Crippen molar-refractivity contribution in [1.82, 2.24) is 9.88 Å². The lowest BCUT2D eigenvalue weighted by Gasteiger charge is -2.26. The van der Waals surface area contributed by atoms with Crippen molar-refractivity contribution in [2.75, 3.05) is 38.1 Å². The number of anilines is 1. The summed E-state index contributed by atoms with van der Waals surface area (Å²) in [4.78, 5) is 28.8. The number of aromatic nitrogens is 1. The molecule has 0 atom stereocenters. The molecule has 2 heterocycles. The van der Waals surface area contributed by atoms with Crippen molar-refractivity contribution in [1.29, 1.82) is 0 Å². The number of nitrogens with one attached hydrogen (secondary N) is 1. The number of carbonyl (C=O) groups is 1. The molecule has 1 fully saturated rings. The highest BCUT2D eigenvalue weighted by atomic mass is 16.6. The van der Waals surface area contributed by atoms with Crippen LogP contribution >= 0.6 is 0 Å². The van der Waals surface area contributed by atoms with Gasteiger partial charge in [-0.15, -0.1) is 0 Å². The molecule has 0 aliphatic carbocycles. The van der Waals surface area contributed by atoms with Gasteiger partial charge in [0.2, 0.25) is 5.82 Å². The standard InChI is InChI=1S/C16H24N4O4/c1-2-24-16(21)13-7-8-14(20(22)23)15(18-13)17-9-6-12-19-10-4-3-5-11-19/h7-8H,2-6,9-12H2,1H3,(H,17,18). The largest absolute Gasteiger partial charge is 0.461 e. The van der Waals surface area contributed by atoms with Gasteiger partial charge in [-0.2, -0.15) is 0 Å². The van der Waals surface area contributed by atoms with Gasteiger partial charge >= 0.3 is 11.7 Å². The third-order valence-electron chi connectivity index (χ3n) is 3.95. The molecular formula is C16H24N4O4. The van der Waals surface area contributed by atoms with Crippen molar-refractivity contribution in [3.8, 4) is 0 Å². The number of hydrogen-bond donors (Lipinski definition) is 1. The van der Waals surface area contributed by atoms with Crippen LogP contribution in [0.15, 0.2) is 12.1 Å². The zero-order valence-corrected chi connectivity index (χ0v) is 14.0. The van der Waals surface area contributed by atoms with E-state index >= 15 is 0 Å². The van der Waals surface area contributed by atoms with Gasteiger partial charge in [-0.25, -0.2) is 9.78 Å². The minimum absolute atomic E-state index is 0.0704. The van der Waals surface area contributed by atoms with Crippen LogP contribution in [-0.4, -0.2) is 53.6 Å². The van der Waals surface area contributed by atoms with E-state index in [0.717, 1.165) is 26.1 Å². The Kier molecular flexibility index (Phi) is 6.92. The van der Waals surface area contributed by atoms with Gasteiger partial charge in [-0.05, 0) is 51.9 Å². The van der Waals surface area contributed by atoms with Crippen molar-refractivity contribution < 1.29 is 14.5 Å². The minimum Gasteiger partial charge on any atom is -0.461 e. The zero-order valence-electron chi connectivity index (χ0n) is 14.0. The number of piperidine rings is 1. The molecule has 0 spiro atoms. The van der Waals surface area contributed by atoms with Crippen LogP contribution in [0.1, 0.15) is 43.1 Å². The quantitative estimate of drug-likeness (QED) is 0.337. The number of nitro groups is 1. The first-order valence-electron chi connectivity index (χ1n) is 8.40. The van der Waals surface area contributed by atoms with Crippen LogP contribution in [0.3, 0.4) is 0 Å². The Morgan fingerprint density at radius 2 is 2.12 bits per heavy atom. The Bertz CT molecular complexity index is 573. The van der Waals surface area contributed by atoms with Crippen molar-refractivity contribution in [3.05, 3.63) is 27.9 Å². The number of ether oxygens (including phenoxy) is 1. The molecule has 0 saturated carbocycles. The molecule has 2 rings (SSSR count). The molecule has 1 saturated heterocycles. The third kappa shape index (κ3) is 5.16. The van der Waals surface area contributed by atoms with E-state index in [1.165, 1.54) is 31.4 Å². The molecule has 1 aliphatic rings. The Balaban J connectivity index is 1.94. The zero-order chi connectivity index (χ0) is 17.4. The summed E-state index contributed by atoms with van der Waals surface area (Å²) in [7, 11) is 0. The minimum atomic E-state index is -0.580. The average molecular weight is 336 g/mol. The van der Waals surface area contributed by atoms with Crippen LogP contribution in [0.5, 0.6) is 0 Å². The van der Waals surface area contributed by atoms with Gasteiger partial charge in [-0.1, -0.05) is 6.42 Å². The van der Waals surface area contributed by atoms with E-state index in [1.54, 1.807) is 6.92 Å². The number of nitrogens with zero attached hydrogens (tertiary/aromatic N) is 3. The van der Waals surface area contributed by atoms with Gasteiger partial charge in [0.15, 0.2) is 5.69 Å². The molecule has 1 aromatic rings. The van der Waals surface area contributed by atoms with E-state index in [9.17, 15) is 14.9 Å². The number of hydrogen-bond acceptors (Lipinski definition) is 7. The predicted octanol–water partition coefficient (Wildman–Crippen LogP) is 2.45. The van der Waals surface area contributed by atoms with Gasteiger partial charge < -0.3 is 15.0 Å². The van der Waals surface area contributed by atoms with Crippen LogP contribution in [0.25, 0.3) is 0 Å². The molecule has 24 heavy (non-hydrogen) atoms. The summed E-state index contributed by atoms with van der Waals surface area (Å²) in [6, 6.07) is 2.60. The second-order valence-electron chi connectivity index (χ2n) is 5.72. The van der Waals surface area contributed by atoms with Crippen LogP contribution in [0, 0.1) is 10.1 Å². The van der Waals surface area contributed by atoms with E-state index in [2.05, 4.69) is 15.2 Å². The highest BCUT2D eigenvalue weighted by molar-refractivity contribution is 5.88. The summed E-state index contributed by atoms with van der Waals surface area (Å²) in [5.41, 5.74) is -0.0676. The normalized spacial score (nSPS) is 15.0. The van der Waals surface area contributed by atoms with Crippen LogP contribution in [0.2, 0.25) is 0 Å². The van der Waals surface area contributed by atoms with Gasteiger partial charge in [0, 0.05) is 12.6 Å². The summed E-state index contributed by atoms with van der Waals surface area (Å²) in [5, 5.41) is 14.1. The molecule has 0 aromatic carbocycles. The predicted molar refractivity (Wildman–Crippen MR) is 90.2 cm³/mol. The summed E-state index contributed by atoms with van der Waals surface area (Å²) in [5.74, 6) is -0.465. The lowest BCUT2D eigenvalue weighted by Crippen LogP contribution is -2.31. The average Bonchev–Trinajstić information content (AvgIpc) is 2.59. The van der Waals surface area contributed by atoms with Crippen molar-refractivity contribution in [2.24, 2.45) is 0 Å². The molecule has 0 radical (unpaired) electrons. The second-order valence-corrected chi connectivity index (χ2v) is 5.72. The molecule has 1 aromatic heterocycles. The molecule has 0 unspecified atom stereocenters. The van der Waals surface area contributed by atoms with Crippen LogP contribution < -0.4 is 5.32 Å². The second kappa shape index (κ2) is 9.17. The third-order valence-corrected chi connectivity index (χ3v) is 3.95. The first-order valence-corrected chi connectivity index (χ1v) is 8.40. The Hall–Kier alpha value is -2.22. The highest BCUT2D eigenvalue weighted by Crippen LogP contribution is 2.22. The number of esters is 1. The molecule has 8 heteroatoms. The lowest BCUT2D eigenvalue weighted by atomic mass is 10.1. The van der Waals surface area contributed by atoms with Crippen LogP contribution in [0.4, 0.5) is 11.5 Å². The Morgan fingerprint density at radius 1 is 1.38 bits per heavy atom. The first-order chi connectivity index (χ1) is 11.6. The first kappa shape index (κ1) is 18.1. The topological polar surface area (TPSA) is 97.6 Å². The van der Waals surface area contributed by atoms with Gasteiger partial charge in [0.1, 0.15) is 0 Å². The maximum Gasteiger partial charge on any atom is 0.357 e. The van der Waals surface area contributed by atoms with E-state index in [4.69, 9.17) is 4.74 Å². The number of likely N-dealkylation sites (tertiary alicyclic amines) is 1. The Morgan fingerprint density at radius 3 is 2.79 bits per heavy atom. The summed E-state index contributed by atoms with van der Waals surface area (Å²) >= 11 is 0. The van der Waals surface area contributed by atoms with Gasteiger partial charge in [-0.3, -0.25) is 10.1 Å². The number of pyridine rings is 1. The van der Waals surface area contributed by atoms with Gasteiger partial charge in [0.25, 0.3) is 0 Å². The summed E-state index contributed by atoms with van der Waals surface area (Å²) in [6.45, 7) is 5.70. The van der Waals surface area contributed by atoms with Crippen molar-refractivity contribution >= 4 is 17.5 Å². The number of rotatable bonds is 8. The monoisotopic (exact) mass is 336 g/mol. The van der Waals surface area contributed by atoms with Crippen LogP contribution in [-0.2, 0) is 4.74 Å². The summed E-state index contributed by atoms with van der Waals surface area (Å²) < 4.78 is 4.88.